The number of hydrogen-bond donors (Lipinski definition) is 2. The van der Waals surface area contributed by atoms with E-state index in [0.29, 0.717) is 29.6 Å². The van der Waals surface area contributed by atoms with Crippen LogP contribution in [0.5, 0.6) is 11.5 Å². The molecule has 0 amide bonds. The Morgan fingerprint density at radius 2 is 2.21 bits per heavy atom. The molecular weight excluding hydrogens is 358 g/mol. The zero-order valence-electron chi connectivity index (χ0n) is 16.5. The fraction of sp³-hybridized carbons (Fsp3) is 0.591. The molecule has 2 bridgehead atoms. The third-order valence-electron chi connectivity index (χ3n) is 7.53. The van der Waals surface area contributed by atoms with E-state index in [1.165, 1.54) is 5.56 Å². The Morgan fingerprint density at radius 1 is 1.43 bits per heavy atom. The number of ether oxygens (including phenoxy) is 3. The van der Waals surface area contributed by atoms with Crippen LogP contribution in [0.4, 0.5) is 0 Å². The number of esters is 1. The molecule has 0 aromatic heterocycles. The second-order valence-electron chi connectivity index (χ2n) is 8.87. The maximum atomic E-state index is 12.2. The molecule has 28 heavy (non-hydrogen) atoms. The number of rotatable bonds is 3. The summed E-state index contributed by atoms with van der Waals surface area (Å²) >= 11 is 0. The van der Waals surface area contributed by atoms with Crippen molar-refractivity contribution in [3.05, 3.63) is 35.1 Å². The van der Waals surface area contributed by atoms with E-state index in [1.807, 2.05) is 12.1 Å². The molecule has 1 fully saturated rings. The van der Waals surface area contributed by atoms with Crippen LogP contribution in [0.3, 0.4) is 0 Å². The van der Waals surface area contributed by atoms with Crippen molar-refractivity contribution in [2.75, 3.05) is 7.11 Å². The third-order valence-corrected chi connectivity index (χ3v) is 7.53. The van der Waals surface area contributed by atoms with E-state index in [4.69, 9.17) is 19.9 Å². The van der Waals surface area contributed by atoms with Gasteiger partial charge in [-0.05, 0) is 62.1 Å². The summed E-state index contributed by atoms with van der Waals surface area (Å²) in [4.78, 5) is 12.2. The van der Waals surface area contributed by atoms with Gasteiger partial charge >= 0.3 is 5.97 Å². The van der Waals surface area contributed by atoms with Gasteiger partial charge < -0.3 is 25.1 Å². The quantitative estimate of drug-likeness (QED) is 0.775. The van der Waals surface area contributed by atoms with Crippen molar-refractivity contribution in [3.8, 4) is 11.5 Å². The Labute approximate surface area is 164 Å². The van der Waals surface area contributed by atoms with Crippen LogP contribution >= 0.6 is 0 Å². The van der Waals surface area contributed by atoms with Gasteiger partial charge in [0.1, 0.15) is 11.8 Å². The summed E-state index contributed by atoms with van der Waals surface area (Å²) in [6, 6.07) is 3.31. The van der Waals surface area contributed by atoms with Gasteiger partial charge in [0.2, 0.25) is 0 Å². The van der Waals surface area contributed by atoms with Gasteiger partial charge in [-0.25, -0.2) is 4.79 Å². The first kappa shape index (κ1) is 18.0. The molecule has 1 spiro atoms. The van der Waals surface area contributed by atoms with E-state index in [0.717, 1.165) is 24.8 Å². The van der Waals surface area contributed by atoms with Crippen LogP contribution in [0.25, 0.3) is 0 Å². The van der Waals surface area contributed by atoms with Crippen LogP contribution in [0, 0.1) is 11.8 Å². The van der Waals surface area contributed by atoms with Gasteiger partial charge in [-0.1, -0.05) is 13.0 Å². The van der Waals surface area contributed by atoms with Crippen LogP contribution in [0.2, 0.25) is 0 Å². The monoisotopic (exact) mass is 385 g/mol. The Balaban J connectivity index is 1.72. The topological polar surface area (TPSA) is 91.0 Å². The van der Waals surface area contributed by atoms with Gasteiger partial charge in [-0.2, -0.15) is 0 Å². The average Bonchev–Trinajstić information content (AvgIpc) is 3.02. The highest BCUT2D eigenvalue weighted by molar-refractivity contribution is 5.76. The molecule has 1 heterocycles. The van der Waals surface area contributed by atoms with Crippen molar-refractivity contribution in [2.24, 2.45) is 17.6 Å². The average molecular weight is 385 g/mol. The van der Waals surface area contributed by atoms with E-state index in [9.17, 15) is 9.90 Å². The number of methoxy groups -OCH3 is 1. The molecule has 0 saturated heterocycles. The molecule has 6 atom stereocenters. The second kappa shape index (κ2) is 5.74. The lowest BCUT2D eigenvalue weighted by atomic mass is 9.45. The van der Waals surface area contributed by atoms with Crippen molar-refractivity contribution < 1.29 is 24.1 Å². The molecule has 1 aliphatic heterocycles. The number of carbonyl (C=O) groups excluding carboxylic acids is 1. The van der Waals surface area contributed by atoms with Crippen molar-refractivity contribution in [3.63, 3.8) is 0 Å². The molecule has 3 N–H and O–H groups in total. The van der Waals surface area contributed by atoms with E-state index in [-0.39, 0.29) is 5.92 Å². The van der Waals surface area contributed by atoms with Gasteiger partial charge in [0.25, 0.3) is 0 Å². The molecule has 5 rings (SSSR count). The molecule has 1 unspecified atom stereocenters. The minimum absolute atomic E-state index is 0.140. The third kappa shape index (κ3) is 1.97. The number of carbonyl (C=O) groups is 1. The van der Waals surface area contributed by atoms with Gasteiger partial charge in [0, 0.05) is 5.56 Å². The van der Waals surface area contributed by atoms with Crippen molar-refractivity contribution >= 4 is 5.97 Å². The number of aliphatic hydroxyl groups is 1. The summed E-state index contributed by atoms with van der Waals surface area (Å²) in [5, 5.41) is 12.1. The van der Waals surface area contributed by atoms with Crippen LogP contribution < -0.4 is 15.2 Å². The molecule has 1 aromatic rings. The first-order valence-electron chi connectivity index (χ1n) is 10.1. The summed E-state index contributed by atoms with van der Waals surface area (Å²) in [6.07, 6.45) is 4.33. The van der Waals surface area contributed by atoms with E-state index >= 15 is 0 Å². The molecule has 1 aromatic carbocycles. The van der Waals surface area contributed by atoms with Gasteiger partial charge in [0.15, 0.2) is 17.6 Å². The molecule has 6 nitrogen and oxygen atoms in total. The van der Waals surface area contributed by atoms with Crippen molar-refractivity contribution in [1.82, 2.24) is 0 Å². The van der Waals surface area contributed by atoms with Crippen LogP contribution in [-0.2, 0) is 21.4 Å². The van der Waals surface area contributed by atoms with E-state index in [1.54, 1.807) is 14.0 Å². The number of hydrogen-bond acceptors (Lipinski definition) is 6. The lowest BCUT2D eigenvalue weighted by molar-refractivity contribution is -0.171. The van der Waals surface area contributed by atoms with Crippen LogP contribution in [-0.4, -0.2) is 35.9 Å². The minimum Gasteiger partial charge on any atom is -0.493 e. The zero-order valence-corrected chi connectivity index (χ0v) is 16.5. The highest BCUT2D eigenvalue weighted by Crippen LogP contribution is 2.68. The summed E-state index contributed by atoms with van der Waals surface area (Å²) in [5.74, 6) is 1.86. The molecule has 1 saturated carbocycles. The zero-order chi connectivity index (χ0) is 19.8. The van der Waals surface area contributed by atoms with E-state index < -0.39 is 29.1 Å². The lowest BCUT2D eigenvalue weighted by Crippen LogP contribution is -2.69. The normalized spacial score (nSPS) is 38.0. The van der Waals surface area contributed by atoms with Crippen LogP contribution in [0.1, 0.15) is 44.2 Å². The SMILES string of the molecule is COc1ccc2c3c1O[C@H]1C(OC(=O)[C@H](C)N)=CC[C@@]4(O)[C@@H](C2)C(C)CC[C@]314. The van der Waals surface area contributed by atoms with Gasteiger partial charge in [-0.15, -0.1) is 0 Å². The second-order valence-corrected chi connectivity index (χ2v) is 8.87. The van der Waals surface area contributed by atoms with Crippen molar-refractivity contribution in [2.45, 2.75) is 62.7 Å². The summed E-state index contributed by atoms with van der Waals surface area (Å²) < 4.78 is 17.7. The summed E-state index contributed by atoms with van der Waals surface area (Å²) in [5.41, 5.74) is 6.42. The minimum atomic E-state index is -0.926. The number of benzene rings is 1. The first-order valence-corrected chi connectivity index (χ1v) is 10.1. The number of nitrogens with two attached hydrogens (primary N) is 1. The standard InChI is InChI=1S/C22H27NO5/c1-11-6-8-21-17-13-4-5-15(26-3)18(17)28-19(21)16(27-20(24)12(2)23)7-9-22(21,25)14(11)10-13/h4-5,7,11-12,14,19,25H,6,8-10,23H2,1-3H3/t11?,12-,14-,19-,21-,22+/m0/s1. The molecular formula is C22H27NO5. The molecule has 0 radical (unpaired) electrons. The Hall–Kier alpha value is -2.05. The van der Waals surface area contributed by atoms with E-state index in [2.05, 4.69) is 13.0 Å². The Kier molecular flexibility index (Phi) is 3.69. The summed E-state index contributed by atoms with van der Waals surface area (Å²) in [6.45, 7) is 3.83. The molecule has 6 heteroatoms. The van der Waals surface area contributed by atoms with Crippen molar-refractivity contribution in [1.29, 1.82) is 0 Å². The van der Waals surface area contributed by atoms with Gasteiger partial charge in [-0.3, -0.25) is 0 Å². The largest absolute Gasteiger partial charge is 0.493 e. The maximum absolute atomic E-state index is 12.2. The Bertz CT molecular complexity index is 893. The fourth-order valence-corrected chi connectivity index (χ4v) is 6.17. The first-order chi connectivity index (χ1) is 13.3. The molecule has 3 aliphatic carbocycles. The predicted octanol–water partition coefficient (Wildman–Crippen LogP) is 2.21. The summed E-state index contributed by atoms with van der Waals surface area (Å²) in [7, 11) is 1.62. The molecule has 4 aliphatic rings. The lowest BCUT2D eigenvalue weighted by Gasteiger charge is -2.61. The highest BCUT2D eigenvalue weighted by Gasteiger charge is 2.72. The maximum Gasteiger partial charge on any atom is 0.327 e. The predicted molar refractivity (Wildman–Crippen MR) is 102 cm³/mol. The Morgan fingerprint density at radius 3 is 2.93 bits per heavy atom. The highest BCUT2D eigenvalue weighted by atomic mass is 16.6. The van der Waals surface area contributed by atoms with Crippen LogP contribution in [0.15, 0.2) is 24.0 Å². The fourth-order valence-electron chi connectivity index (χ4n) is 6.17. The molecule has 150 valence electrons. The smallest absolute Gasteiger partial charge is 0.327 e. The van der Waals surface area contributed by atoms with Gasteiger partial charge in [0.05, 0.1) is 18.1 Å².